The van der Waals surface area contributed by atoms with Gasteiger partial charge in [-0.25, -0.2) is 4.79 Å². The lowest BCUT2D eigenvalue weighted by Crippen LogP contribution is -2.40. The number of ether oxygens (including phenoxy) is 4. The first kappa shape index (κ1) is 38.7. The molecule has 0 radical (unpaired) electrons. The normalized spacial score (nSPS) is 16.7. The van der Waals surface area contributed by atoms with Gasteiger partial charge < -0.3 is 18.9 Å². The number of carbonyl (C=O) groups excluding carboxylic acids is 2. The minimum Gasteiger partial charge on any atom is -0.461 e. The van der Waals surface area contributed by atoms with E-state index in [2.05, 4.69) is 13.8 Å². The third kappa shape index (κ3) is 16.3. The van der Waals surface area contributed by atoms with E-state index in [1.54, 1.807) is 12.1 Å². The summed E-state index contributed by atoms with van der Waals surface area (Å²) in [7, 11) is 0. The highest BCUT2D eigenvalue weighted by atomic mass is 16.7. The highest BCUT2D eigenvalue weighted by molar-refractivity contribution is 5.89. The van der Waals surface area contributed by atoms with Gasteiger partial charge in [-0.2, -0.15) is 0 Å². The van der Waals surface area contributed by atoms with Crippen molar-refractivity contribution in [1.29, 1.82) is 0 Å². The van der Waals surface area contributed by atoms with Gasteiger partial charge in [-0.05, 0) is 56.2 Å². The SMILES string of the molecule is CCCCCCCCCCC[C@@H](C[C@H](OC1CCCCO1)[C@H](CCCCCC)C(=O)OCc1ccccc1)OC(=O)c1ccccc1. The van der Waals surface area contributed by atoms with Crippen LogP contribution < -0.4 is 0 Å². The van der Waals surface area contributed by atoms with E-state index < -0.39 is 12.0 Å². The van der Waals surface area contributed by atoms with E-state index in [9.17, 15) is 9.59 Å². The summed E-state index contributed by atoms with van der Waals surface area (Å²) < 4.78 is 24.9. The zero-order valence-electron chi connectivity index (χ0n) is 29.4. The first-order chi connectivity index (χ1) is 23.1. The highest BCUT2D eigenvalue weighted by Gasteiger charge is 2.36. The number of hydrogen-bond donors (Lipinski definition) is 0. The second-order valence-electron chi connectivity index (χ2n) is 13.3. The second-order valence-corrected chi connectivity index (χ2v) is 13.3. The van der Waals surface area contributed by atoms with E-state index in [0.717, 1.165) is 69.8 Å². The zero-order valence-corrected chi connectivity index (χ0v) is 29.4. The maximum atomic E-state index is 13.9. The molecule has 0 N–H and O–H groups in total. The molecule has 1 aliphatic heterocycles. The van der Waals surface area contributed by atoms with Crippen LogP contribution in [0.5, 0.6) is 0 Å². The number of benzene rings is 2. The van der Waals surface area contributed by atoms with Gasteiger partial charge in [-0.15, -0.1) is 0 Å². The van der Waals surface area contributed by atoms with Crippen LogP contribution in [0.2, 0.25) is 0 Å². The van der Waals surface area contributed by atoms with Gasteiger partial charge in [0.05, 0.1) is 17.6 Å². The average Bonchev–Trinajstić information content (AvgIpc) is 3.11. The molecule has 6 heteroatoms. The molecule has 1 aliphatic rings. The Morgan fingerprint density at radius 3 is 1.98 bits per heavy atom. The predicted octanol–water partition coefficient (Wildman–Crippen LogP) is 10.8. The minimum absolute atomic E-state index is 0.225. The van der Waals surface area contributed by atoms with E-state index in [-0.39, 0.29) is 30.9 Å². The first-order valence-corrected chi connectivity index (χ1v) is 18.8. The molecule has 262 valence electrons. The molecule has 0 aliphatic carbocycles. The summed E-state index contributed by atoms with van der Waals surface area (Å²) in [6.07, 6.45) is 18.7. The Morgan fingerprint density at radius 2 is 1.34 bits per heavy atom. The van der Waals surface area contributed by atoms with Crippen molar-refractivity contribution in [2.45, 2.75) is 161 Å². The molecule has 6 nitrogen and oxygen atoms in total. The number of carbonyl (C=O) groups is 2. The number of esters is 2. The van der Waals surface area contributed by atoms with Gasteiger partial charge in [0.2, 0.25) is 0 Å². The molecule has 0 aromatic heterocycles. The van der Waals surface area contributed by atoms with Crippen LogP contribution in [0.1, 0.15) is 152 Å². The fourth-order valence-electron chi connectivity index (χ4n) is 6.37. The van der Waals surface area contributed by atoms with E-state index in [1.807, 2.05) is 48.5 Å². The quantitative estimate of drug-likeness (QED) is 0.0786. The Bertz CT molecular complexity index is 1070. The summed E-state index contributed by atoms with van der Waals surface area (Å²) in [5.74, 6) is -1.05. The lowest BCUT2D eigenvalue weighted by molar-refractivity contribution is -0.209. The Morgan fingerprint density at radius 1 is 0.745 bits per heavy atom. The molecule has 4 atom stereocenters. The molecule has 0 bridgehead atoms. The molecule has 1 saturated heterocycles. The molecular formula is C41H62O6. The molecule has 47 heavy (non-hydrogen) atoms. The van der Waals surface area contributed by atoms with Gasteiger partial charge in [0.25, 0.3) is 0 Å². The van der Waals surface area contributed by atoms with E-state index >= 15 is 0 Å². The molecule has 3 rings (SSSR count). The maximum Gasteiger partial charge on any atom is 0.338 e. The Balaban J connectivity index is 1.75. The summed E-state index contributed by atoms with van der Waals surface area (Å²) in [6.45, 7) is 5.32. The van der Waals surface area contributed by atoms with Crippen molar-refractivity contribution >= 4 is 11.9 Å². The van der Waals surface area contributed by atoms with Crippen molar-refractivity contribution in [2.75, 3.05) is 6.61 Å². The maximum absolute atomic E-state index is 13.9. The molecule has 2 aromatic carbocycles. The van der Waals surface area contributed by atoms with Crippen LogP contribution in [-0.4, -0.2) is 37.0 Å². The third-order valence-electron chi connectivity index (χ3n) is 9.22. The number of rotatable bonds is 25. The molecule has 2 aromatic rings. The van der Waals surface area contributed by atoms with Gasteiger partial charge >= 0.3 is 11.9 Å². The summed E-state index contributed by atoms with van der Waals surface area (Å²) in [5.41, 5.74) is 1.50. The Labute approximate surface area is 285 Å². The monoisotopic (exact) mass is 650 g/mol. The minimum atomic E-state index is -0.477. The van der Waals surface area contributed by atoms with Crippen LogP contribution in [0.4, 0.5) is 0 Å². The molecule has 0 saturated carbocycles. The van der Waals surface area contributed by atoms with Gasteiger partial charge in [0.1, 0.15) is 12.7 Å². The van der Waals surface area contributed by atoms with Crippen molar-refractivity contribution in [2.24, 2.45) is 5.92 Å². The van der Waals surface area contributed by atoms with Crippen molar-refractivity contribution < 1.29 is 28.5 Å². The van der Waals surface area contributed by atoms with E-state index in [4.69, 9.17) is 18.9 Å². The first-order valence-electron chi connectivity index (χ1n) is 18.8. The van der Waals surface area contributed by atoms with Crippen molar-refractivity contribution in [1.82, 2.24) is 0 Å². The largest absolute Gasteiger partial charge is 0.461 e. The van der Waals surface area contributed by atoms with Gasteiger partial charge in [-0.1, -0.05) is 139 Å². The van der Waals surface area contributed by atoms with Gasteiger partial charge in [-0.3, -0.25) is 4.79 Å². The lowest BCUT2D eigenvalue weighted by atomic mass is 9.90. The van der Waals surface area contributed by atoms with Crippen LogP contribution in [0.25, 0.3) is 0 Å². The van der Waals surface area contributed by atoms with E-state index in [1.165, 1.54) is 44.9 Å². The number of unbranched alkanes of at least 4 members (excludes halogenated alkanes) is 11. The van der Waals surface area contributed by atoms with Crippen molar-refractivity contribution in [3.63, 3.8) is 0 Å². The smallest absolute Gasteiger partial charge is 0.338 e. The fraction of sp³-hybridized carbons (Fsp3) is 0.659. The molecule has 1 fully saturated rings. The molecule has 0 amide bonds. The molecule has 1 heterocycles. The van der Waals surface area contributed by atoms with Crippen LogP contribution in [0.3, 0.4) is 0 Å². The van der Waals surface area contributed by atoms with Gasteiger partial charge in [0.15, 0.2) is 6.29 Å². The van der Waals surface area contributed by atoms with E-state index in [0.29, 0.717) is 25.0 Å². The summed E-state index contributed by atoms with van der Waals surface area (Å²) in [4.78, 5) is 27.2. The van der Waals surface area contributed by atoms with Crippen LogP contribution >= 0.6 is 0 Å². The van der Waals surface area contributed by atoms with Crippen LogP contribution in [0, 0.1) is 5.92 Å². The van der Waals surface area contributed by atoms with Crippen LogP contribution in [0.15, 0.2) is 60.7 Å². The second kappa shape index (κ2) is 24.4. The van der Waals surface area contributed by atoms with Crippen molar-refractivity contribution in [3.8, 4) is 0 Å². The third-order valence-corrected chi connectivity index (χ3v) is 9.22. The average molecular weight is 651 g/mol. The van der Waals surface area contributed by atoms with Gasteiger partial charge in [0, 0.05) is 13.0 Å². The standard InChI is InChI=1S/C41H62O6/c1-3-5-7-9-10-11-12-13-20-28-36(46-40(42)35-26-18-15-19-27-35)32-38(47-39-30-22-23-31-44-39)37(29-21-8-6-4-2)41(43)45-33-34-24-16-14-17-25-34/h14-19,24-27,36-39H,3-13,20-23,28-33H2,1-2H3/t36-,37-,38-,39?/m0/s1. The molecular weight excluding hydrogens is 588 g/mol. The lowest BCUT2D eigenvalue weighted by Gasteiger charge is -2.33. The fourth-order valence-corrected chi connectivity index (χ4v) is 6.37. The number of hydrogen-bond acceptors (Lipinski definition) is 6. The molecule has 0 spiro atoms. The molecule has 1 unspecified atom stereocenters. The summed E-state index contributed by atoms with van der Waals surface area (Å²) in [6, 6.07) is 19.0. The van der Waals surface area contributed by atoms with Crippen LogP contribution in [-0.2, 0) is 30.3 Å². The topological polar surface area (TPSA) is 71.1 Å². The summed E-state index contributed by atoms with van der Waals surface area (Å²) >= 11 is 0. The zero-order chi connectivity index (χ0) is 33.4. The van der Waals surface area contributed by atoms with Crippen molar-refractivity contribution in [3.05, 3.63) is 71.8 Å². The highest BCUT2D eigenvalue weighted by Crippen LogP contribution is 2.29. The Kier molecular flexibility index (Phi) is 20.1. The predicted molar refractivity (Wildman–Crippen MR) is 189 cm³/mol. The summed E-state index contributed by atoms with van der Waals surface area (Å²) in [5, 5.41) is 0. The Hall–Kier alpha value is -2.70.